The monoisotopic (exact) mass is 332 g/mol. The van der Waals surface area contributed by atoms with E-state index in [0.717, 1.165) is 18.5 Å². The van der Waals surface area contributed by atoms with Crippen molar-refractivity contribution >= 4 is 10.9 Å². The zero-order valence-corrected chi connectivity index (χ0v) is 14.9. The molecule has 1 aromatic heterocycles. The van der Waals surface area contributed by atoms with Crippen molar-refractivity contribution in [3.8, 4) is 11.8 Å². The molecule has 0 atom stereocenters. The van der Waals surface area contributed by atoms with E-state index in [2.05, 4.69) is 72.3 Å². The molecule has 128 valence electrons. The van der Waals surface area contributed by atoms with E-state index in [9.17, 15) is 0 Å². The van der Waals surface area contributed by atoms with E-state index in [1.165, 1.54) is 22.0 Å². The molecule has 3 aromatic rings. The van der Waals surface area contributed by atoms with Crippen molar-refractivity contribution in [1.29, 1.82) is 0 Å². The summed E-state index contributed by atoms with van der Waals surface area (Å²) in [6.45, 7) is 2.07. The number of hydrogen-bond acceptors (Lipinski definition) is 2. The Bertz CT molecular complexity index is 869. The van der Waals surface area contributed by atoms with Crippen molar-refractivity contribution in [2.45, 2.75) is 13.0 Å². The van der Waals surface area contributed by atoms with Crippen LogP contribution in [0.25, 0.3) is 10.9 Å². The van der Waals surface area contributed by atoms with Crippen LogP contribution in [0.3, 0.4) is 0 Å². The average molecular weight is 332 g/mol. The number of nitrogens with zero attached hydrogens (tertiary/aromatic N) is 1. The highest BCUT2D eigenvalue weighted by molar-refractivity contribution is 5.84. The van der Waals surface area contributed by atoms with Gasteiger partial charge in [-0.05, 0) is 49.8 Å². The van der Waals surface area contributed by atoms with Gasteiger partial charge >= 0.3 is 0 Å². The Labute approximate surface area is 149 Å². The summed E-state index contributed by atoms with van der Waals surface area (Å²) < 4.78 is 5.62. The van der Waals surface area contributed by atoms with Gasteiger partial charge in [-0.25, -0.2) is 0 Å². The second kappa shape index (κ2) is 8.53. The lowest BCUT2D eigenvalue weighted by Crippen LogP contribution is -2.14. The van der Waals surface area contributed by atoms with Crippen molar-refractivity contribution in [2.75, 3.05) is 27.2 Å². The first kappa shape index (κ1) is 17.3. The molecule has 0 fully saturated rings. The number of ether oxygens (including phenoxy) is 1. The van der Waals surface area contributed by atoms with Crippen LogP contribution < -0.4 is 0 Å². The smallest absolute Gasteiger partial charge is 0.108 e. The largest absolute Gasteiger partial charge is 0.364 e. The molecule has 0 aliphatic carbocycles. The van der Waals surface area contributed by atoms with Gasteiger partial charge in [-0.15, -0.1) is 0 Å². The predicted octanol–water partition coefficient (Wildman–Crippen LogP) is 3.84. The van der Waals surface area contributed by atoms with E-state index in [0.29, 0.717) is 13.2 Å². The van der Waals surface area contributed by atoms with E-state index >= 15 is 0 Å². The third kappa shape index (κ3) is 4.96. The van der Waals surface area contributed by atoms with E-state index in [4.69, 9.17) is 4.74 Å². The summed E-state index contributed by atoms with van der Waals surface area (Å²) in [5.74, 6) is 6.31. The minimum Gasteiger partial charge on any atom is -0.364 e. The van der Waals surface area contributed by atoms with Crippen LogP contribution >= 0.6 is 0 Å². The molecule has 0 aliphatic rings. The lowest BCUT2D eigenvalue weighted by atomic mass is 10.1. The summed E-state index contributed by atoms with van der Waals surface area (Å²) in [6, 6.07) is 16.5. The Morgan fingerprint density at radius 2 is 1.92 bits per heavy atom. The second-order valence-electron chi connectivity index (χ2n) is 6.41. The Balaban J connectivity index is 1.61. The van der Waals surface area contributed by atoms with Crippen molar-refractivity contribution in [2.24, 2.45) is 0 Å². The maximum absolute atomic E-state index is 5.62. The maximum Gasteiger partial charge on any atom is 0.108 e. The second-order valence-corrected chi connectivity index (χ2v) is 6.41. The molecule has 1 N–H and O–H groups in total. The number of H-pyrrole nitrogens is 1. The molecular weight excluding hydrogens is 308 g/mol. The summed E-state index contributed by atoms with van der Waals surface area (Å²) in [5.41, 5.74) is 4.71. The zero-order chi connectivity index (χ0) is 17.5. The molecule has 3 rings (SSSR count). The molecule has 0 saturated carbocycles. The molecule has 3 heteroatoms. The summed E-state index contributed by atoms with van der Waals surface area (Å²) >= 11 is 0. The summed E-state index contributed by atoms with van der Waals surface area (Å²) in [6.07, 6.45) is 3.14. The summed E-state index contributed by atoms with van der Waals surface area (Å²) in [7, 11) is 4.20. The normalized spacial score (nSPS) is 10.8. The molecule has 0 bridgehead atoms. The Morgan fingerprint density at radius 1 is 1.08 bits per heavy atom. The van der Waals surface area contributed by atoms with Gasteiger partial charge in [-0.1, -0.05) is 42.2 Å². The highest BCUT2D eigenvalue weighted by Crippen LogP contribution is 2.20. The zero-order valence-electron chi connectivity index (χ0n) is 14.9. The number of aromatic amines is 1. The van der Waals surface area contributed by atoms with Crippen LogP contribution in [0.5, 0.6) is 0 Å². The molecule has 0 saturated heterocycles. The number of benzene rings is 2. The van der Waals surface area contributed by atoms with Crippen LogP contribution in [-0.2, 0) is 17.8 Å². The number of rotatable bonds is 6. The van der Waals surface area contributed by atoms with Crippen LogP contribution in [0.4, 0.5) is 0 Å². The summed E-state index contributed by atoms with van der Waals surface area (Å²) in [4.78, 5) is 5.54. The Kier molecular flexibility index (Phi) is 5.90. The van der Waals surface area contributed by atoms with Crippen LogP contribution in [0, 0.1) is 11.8 Å². The first-order valence-electron chi connectivity index (χ1n) is 8.57. The van der Waals surface area contributed by atoms with Gasteiger partial charge in [-0.3, -0.25) is 0 Å². The first-order valence-corrected chi connectivity index (χ1v) is 8.57. The lowest BCUT2D eigenvalue weighted by molar-refractivity contribution is 0.153. The first-order chi connectivity index (χ1) is 12.2. The number of aromatic nitrogens is 1. The van der Waals surface area contributed by atoms with E-state index in [1.54, 1.807) is 0 Å². The van der Waals surface area contributed by atoms with Crippen molar-refractivity contribution in [3.05, 3.63) is 71.4 Å². The van der Waals surface area contributed by atoms with E-state index in [1.807, 2.05) is 18.2 Å². The number of hydrogen-bond donors (Lipinski definition) is 1. The van der Waals surface area contributed by atoms with Gasteiger partial charge in [0.25, 0.3) is 0 Å². The molecule has 2 aromatic carbocycles. The third-order valence-electron chi connectivity index (χ3n) is 4.11. The SMILES string of the molecule is CN(C)CCc1c[nH]c2ccc(C#CCOCc3ccccc3)cc12. The molecular formula is C22H24N2O. The fourth-order valence-corrected chi connectivity index (χ4v) is 2.74. The minimum atomic E-state index is 0.438. The molecule has 0 aliphatic heterocycles. The fourth-order valence-electron chi connectivity index (χ4n) is 2.74. The van der Waals surface area contributed by atoms with E-state index in [-0.39, 0.29) is 0 Å². The standard InChI is InChI=1S/C22H24N2O/c1-24(2)13-12-20-16-23-22-11-10-18(15-21(20)22)9-6-14-25-17-19-7-4-3-5-8-19/h3-5,7-8,10-11,15-16,23H,12-14,17H2,1-2H3. The highest BCUT2D eigenvalue weighted by atomic mass is 16.5. The quantitative estimate of drug-likeness (QED) is 0.549. The van der Waals surface area contributed by atoms with Gasteiger partial charge in [0.1, 0.15) is 6.61 Å². The molecule has 3 nitrogen and oxygen atoms in total. The van der Waals surface area contributed by atoms with Crippen molar-refractivity contribution < 1.29 is 4.74 Å². The summed E-state index contributed by atoms with van der Waals surface area (Å²) in [5, 5.41) is 1.26. The van der Waals surface area contributed by atoms with Crippen molar-refractivity contribution in [1.82, 2.24) is 9.88 Å². The van der Waals surface area contributed by atoms with Gasteiger partial charge in [0, 0.05) is 29.2 Å². The maximum atomic E-state index is 5.62. The van der Waals surface area contributed by atoms with Gasteiger partial charge in [0.05, 0.1) is 6.61 Å². The van der Waals surface area contributed by atoms with Crippen LogP contribution in [0.15, 0.2) is 54.7 Å². The van der Waals surface area contributed by atoms with E-state index < -0.39 is 0 Å². The topological polar surface area (TPSA) is 28.3 Å². The highest BCUT2D eigenvalue weighted by Gasteiger charge is 2.04. The minimum absolute atomic E-state index is 0.438. The Hall–Kier alpha value is -2.54. The number of fused-ring (bicyclic) bond motifs is 1. The predicted molar refractivity (Wildman–Crippen MR) is 104 cm³/mol. The lowest BCUT2D eigenvalue weighted by Gasteiger charge is -2.08. The number of likely N-dealkylation sites (N-methyl/N-ethyl adjacent to an activating group) is 1. The third-order valence-corrected chi connectivity index (χ3v) is 4.11. The van der Waals surface area contributed by atoms with Crippen LogP contribution in [-0.4, -0.2) is 37.1 Å². The molecule has 1 heterocycles. The molecule has 0 radical (unpaired) electrons. The Morgan fingerprint density at radius 3 is 2.72 bits per heavy atom. The number of nitrogens with one attached hydrogen (secondary N) is 1. The molecule has 0 unspecified atom stereocenters. The van der Waals surface area contributed by atoms with Crippen molar-refractivity contribution in [3.63, 3.8) is 0 Å². The van der Waals surface area contributed by atoms with Gasteiger partial charge in [0.2, 0.25) is 0 Å². The van der Waals surface area contributed by atoms with Gasteiger partial charge in [0.15, 0.2) is 0 Å². The average Bonchev–Trinajstić information content (AvgIpc) is 3.03. The molecule has 0 amide bonds. The fraction of sp³-hybridized carbons (Fsp3) is 0.273. The molecule has 0 spiro atoms. The van der Waals surface area contributed by atoms with Gasteiger partial charge in [-0.2, -0.15) is 0 Å². The van der Waals surface area contributed by atoms with Crippen LogP contribution in [0.2, 0.25) is 0 Å². The van der Waals surface area contributed by atoms with Gasteiger partial charge < -0.3 is 14.6 Å². The molecule has 25 heavy (non-hydrogen) atoms. The van der Waals surface area contributed by atoms with Crippen LogP contribution in [0.1, 0.15) is 16.7 Å².